The van der Waals surface area contributed by atoms with E-state index in [0.717, 1.165) is 12.1 Å². The third-order valence-electron chi connectivity index (χ3n) is 5.58. The molecule has 1 atom stereocenters. The number of pyridine rings is 1. The SMILES string of the molecule is O=C(C[C@H]1C(=O)N(Cc2ccccn2)c2nc3ccccc3n21)Nc1cccc(C(F)(F)F)c1. The number of carbonyl (C=O) groups excluding carboxylic acids is 2. The van der Waals surface area contributed by atoms with Crippen LogP contribution in [0.4, 0.5) is 24.8 Å². The molecular weight excluding hydrogens is 447 g/mol. The molecule has 2 aromatic carbocycles. The molecule has 1 N–H and O–H groups in total. The Balaban J connectivity index is 1.44. The summed E-state index contributed by atoms with van der Waals surface area (Å²) in [4.78, 5) is 36.5. The predicted octanol–water partition coefficient (Wildman–Crippen LogP) is 4.57. The van der Waals surface area contributed by atoms with Gasteiger partial charge in [-0.1, -0.05) is 24.3 Å². The van der Waals surface area contributed by atoms with Crippen molar-refractivity contribution in [3.8, 4) is 0 Å². The maximum atomic E-state index is 13.4. The van der Waals surface area contributed by atoms with Crippen LogP contribution in [0.25, 0.3) is 11.0 Å². The number of aromatic nitrogens is 3. The van der Waals surface area contributed by atoms with Gasteiger partial charge in [-0.2, -0.15) is 13.2 Å². The zero-order chi connectivity index (χ0) is 23.9. The van der Waals surface area contributed by atoms with E-state index in [1.54, 1.807) is 29.0 Å². The number of para-hydroxylation sites is 2. The largest absolute Gasteiger partial charge is 0.416 e. The van der Waals surface area contributed by atoms with E-state index in [1.165, 1.54) is 17.0 Å². The molecule has 10 heteroatoms. The molecule has 4 aromatic rings. The van der Waals surface area contributed by atoms with Crippen LogP contribution >= 0.6 is 0 Å². The van der Waals surface area contributed by atoms with Crippen molar-refractivity contribution >= 4 is 34.5 Å². The van der Waals surface area contributed by atoms with Gasteiger partial charge in [-0.25, -0.2) is 4.98 Å². The first kappa shape index (κ1) is 21.6. The number of fused-ring (bicyclic) bond motifs is 3. The number of carbonyl (C=O) groups is 2. The predicted molar refractivity (Wildman–Crippen MR) is 119 cm³/mol. The Morgan fingerprint density at radius 1 is 1.03 bits per heavy atom. The highest BCUT2D eigenvalue weighted by Gasteiger charge is 2.41. The molecule has 34 heavy (non-hydrogen) atoms. The zero-order valence-electron chi connectivity index (χ0n) is 17.7. The Morgan fingerprint density at radius 2 is 1.82 bits per heavy atom. The number of alkyl halides is 3. The molecule has 2 aromatic heterocycles. The summed E-state index contributed by atoms with van der Waals surface area (Å²) >= 11 is 0. The number of amides is 2. The van der Waals surface area contributed by atoms with Gasteiger partial charge >= 0.3 is 6.18 Å². The van der Waals surface area contributed by atoms with Crippen molar-refractivity contribution in [2.45, 2.75) is 25.2 Å². The van der Waals surface area contributed by atoms with Crippen molar-refractivity contribution in [3.63, 3.8) is 0 Å². The Bertz CT molecular complexity index is 1380. The highest BCUT2D eigenvalue weighted by molar-refractivity contribution is 6.05. The minimum Gasteiger partial charge on any atom is -0.326 e. The minimum atomic E-state index is -4.53. The van der Waals surface area contributed by atoms with E-state index in [0.29, 0.717) is 22.7 Å². The quantitative estimate of drug-likeness (QED) is 0.468. The highest BCUT2D eigenvalue weighted by Crippen LogP contribution is 2.37. The third kappa shape index (κ3) is 3.98. The molecule has 0 unspecified atom stereocenters. The summed E-state index contributed by atoms with van der Waals surface area (Å²) < 4.78 is 40.7. The van der Waals surface area contributed by atoms with Gasteiger partial charge in [0.05, 0.1) is 35.3 Å². The summed E-state index contributed by atoms with van der Waals surface area (Å²) in [7, 11) is 0. The zero-order valence-corrected chi connectivity index (χ0v) is 17.7. The number of hydrogen-bond donors (Lipinski definition) is 1. The van der Waals surface area contributed by atoms with Gasteiger partial charge in [0.15, 0.2) is 0 Å². The summed E-state index contributed by atoms with van der Waals surface area (Å²) in [5.41, 5.74) is 1.15. The average Bonchev–Trinajstić information content (AvgIpc) is 3.30. The summed E-state index contributed by atoms with van der Waals surface area (Å²) in [6, 6.07) is 16.1. The van der Waals surface area contributed by atoms with Gasteiger partial charge < -0.3 is 5.32 Å². The van der Waals surface area contributed by atoms with Gasteiger partial charge in [-0.3, -0.25) is 24.0 Å². The Hall–Kier alpha value is -4.21. The maximum Gasteiger partial charge on any atom is 0.416 e. The smallest absolute Gasteiger partial charge is 0.326 e. The first-order valence-electron chi connectivity index (χ1n) is 10.5. The lowest BCUT2D eigenvalue weighted by atomic mass is 10.1. The lowest BCUT2D eigenvalue weighted by molar-refractivity contribution is -0.137. The molecule has 2 amide bonds. The number of nitrogens with one attached hydrogen (secondary N) is 1. The fourth-order valence-electron chi connectivity index (χ4n) is 4.06. The van der Waals surface area contributed by atoms with Crippen LogP contribution in [-0.4, -0.2) is 26.3 Å². The van der Waals surface area contributed by atoms with Crippen LogP contribution in [0.2, 0.25) is 0 Å². The molecule has 5 rings (SSSR count). The van der Waals surface area contributed by atoms with Gasteiger partial charge in [0.25, 0.3) is 5.91 Å². The number of hydrogen-bond acceptors (Lipinski definition) is 4. The number of benzene rings is 2. The van der Waals surface area contributed by atoms with E-state index in [2.05, 4.69) is 15.3 Å². The molecule has 3 heterocycles. The lowest BCUT2D eigenvalue weighted by Crippen LogP contribution is -2.31. The van der Waals surface area contributed by atoms with E-state index < -0.39 is 23.7 Å². The van der Waals surface area contributed by atoms with Crippen molar-refractivity contribution in [2.24, 2.45) is 0 Å². The van der Waals surface area contributed by atoms with Gasteiger partial charge in [0.1, 0.15) is 6.04 Å². The topological polar surface area (TPSA) is 80.1 Å². The summed E-state index contributed by atoms with van der Waals surface area (Å²) in [5, 5.41) is 2.48. The van der Waals surface area contributed by atoms with E-state index in [-0.39, 0.29) is 24.6 Å². The third-order valence-corrected chi connectivity index (χ3v) is 5.58. The second kappa shape index (κ2) is 8.29. The molecule has 1 aliphatic rings. The normalized spacial score (nSPS) is 15.6. The summed E-state index contributed by atoms with van der Waals surface area (Å²) in [6.45, 7) is 0.175. The van der Waals surface area contributed by atoms with Crippen LogP contribution in [0.5, 0.6) is 0 Å². The van der Waals surface area contributed by atoms with Crippen molar-refractivity contribution in [1.82, 2.24) is 14.5 Å². The molecule has 0 fully saturated rings. The molecule has 0 saturated carbocycles. The molecule has 7 nitrogen and oxygen atoms in total. The molecule has 172 valence electrons. The lowest BCUT2D eigenvalue weighted by Gasteiger charge is -2.16. The van der Waals surface area contributed by atoms with E-state index >= 15 is 0 Å². The van der Waals surface area contributed by atoms with Gasteiger partial charge in [0, 0.05) is 11.9 Å². The average molecular weight is 465 g/mol. The number of halogens is 3. The first-order valence-corrected chi connectivity index (χ1v) is 10.5. The van der Waals surface area contributed by atoms with Gasteiger partial charge in [-0.05, 0) is 42.5 Å². The monoisotopic (exact) mass is 465 g/mol. The van der Waals surface area contributed by atoms with Crippen LogP contribution in [0.3, 0.4) is 0 Å². The fourth-order valence-corrected chi connectivity index (χ4v) is 4.06. The van der Waals surface area contributed by atoms with Crippen molar-refractivity contribution < 1.29 is 22.8 Å². The van der Waals surface area contributed by atoms with Crippen LogP contribution in [0.1, 0.15) is 23.7 Å². The minimum absolute atomic E-state index is 0.00586. The van der Waals surface area contributed by atoms with Crippen LogP contribution in [0.15, 0.2) is 72.9 Å². The second-order valence-corrected chi connectivity index (χ2v) is 7.86. The number of imidazole rings is 1. The number of anilines is 2. The molecule has 0 aliphatic carbocycles. The van der Waals surface area contributed by atoms with Gasteiger partial charge in [-0.15, -0.1) is 0 Å². The van der Waals surface area contributed by atoms with E-state index in [1.807, 2.05) is 24.3 Å². The Morgan fingerprint density at radius 3 is 2.59 bits per heavy atom. The van der Waals surface area contributed by atoms with Crippen LogP contribution < -0.4 is 10.2 Å². The first-order chi connectivity index (χ1) is 16.3. The molecule has 1 aliphatic heterocycles. The number of rotatable bonds is 5. The second-order valence-electron chi connectivity index (χ2n) is 7.86. The van der Waals surface area contributed by atoms with Crippen molar-refractivity contribution in [2.75, 3.05) is 10.2 Å². The molecular formula is C24H18F3N5O2. The van der Waals surface area contributed by atoms with Crippen LogP contribution in [0, 0.1) is 0 Å². The van der Waals surface area contributed by atoms with Crippen molar-refractivity contribution in [3.05, 3.63) is 84.2 Å². The maximum absolute atomic E-state index is 13.4. The highest BCUT2D eigenvalue weighted by atomic mass is 19.4. The Labute approximate surface area is 191 Å². The van der Waals surface area contributed by atoms with Gasteiger partial charge in [0.2, 0.25) is 11.9 Å². The summed E-state index contributed by atoms with van der Waals surface area (Å²) in [5.74, 6) is -0.520. The molecule has 0 saturated heterocycles. The molecule has 0 bridgehead atoms. The molecule has 0 spiro atoms. The van der Waals surface area contributed by atoms with Crippen molar-refractivity contribution in [1.29, 1.82) is 0 Å². The Kier molecular flexibility index (Phi) is 5.27. The standard InChI is InChI=1S/C24H18F3N5O2/c25-24(26,27)15-6-5-8-16(12-15)29-21(33)13-20-22(34)31(14-17-7-3-4-11-28-17)23-30-18-9-1-2-10-19(18)32(20)23/h1-12,20H,13-14H2,(H,29,33)/t20-/m0/s1. The summed E-state index contributed by atoms with van der Waals surface area (Å²) in [6.07, 6.45) is -3.17. The van der Waals surface area contributed by atoms with Crippen LogP contribution in [-0.2, 0) is 22.3 Å². The van der Waals surface area contributed by atoms with E-state index in [4.69, 9.17) is 0 Å². The fraction of sp³-hybridized carbons (Fsp3) is 0.167. The molecule has 0 radical (unpaired) electrons. The van der Waals surface area contributed by atoms with E-state index in [9.17, 15) is 22.8 Å². The number of nitrogens with zero attached hydrogens (tertiary/aromatic N) is 4.